The van der Waals surface area contributed by atoms with Crippen LogP contribution in [0.4, 0.5) is 0 Å². The highest BCUT2D eigenvalue weighted by Crippen LogP contribution is 2.13. The second kappa shape index (κ2) is 6.18. The summed E-state index contributed by atoms with van der Waals surface area (Å²) in [5.41, 5.74) is 1.16. The van der Waals surface area contributed by atoms with E-state index in [2.05, 4.69) is 0 Å². The standard InChI is InChI=1S/C13H16ClNO3/c14-11-6-4-10(5-7-11)2-1-3-13(17)15-8-12(16)9-18-15/h4-7,12,16H,1-3,8-9H2. The van der Waals surface area contributed by atoms with Crippen molar-refractivity contribution in [3.63, 3.8) is 0 Å². The van der Waals surface area contributed by atoms with Gasteiger partial charge >= 0.3 is 0 Å². The number of benzene rings is 1. The van der Waals surface area contributed by atoms with Crippen LogP contribution in [0, 0.1) is 0 Å². The molecule has 1 aromatic rings. The zero-order chi connectivity index (χ0) is 13.0. The Hall–Kier alpha value is -1.10. The number of halogens is 1. The number of amides is 1. The molecular weight excluding hydrogens is 254 g/mol. The lowest BCUT2D eigenvalue weighted by molar-refractivity contribution is -0.168. The monoisotopic (exact) mass is 269 g/mol. The minimum atomic E-state index is -0.551. The van der Waals surface area contributed by atoms with Crippen LogP contribution in [0.5, 0.6) is 0 Å². The molecule has 1 aliphatic heterocycles. The number of carbonyl (C=O) groups is 1. The van der Waals surface area contributed by atoms with Crippen molar-refractivity contribution >= 4 is 17.5 Å². The molecule has 0 radical (unpaired) electrons. The Kier molecular flexibility index (Phi) is 4.58. The van der Waals surface area contributed by atoms with Crippen LogP contribution in [0.25, 0.3) is 0 Å². The fourth-order valence-corrected chi connectivity index (χ4v) is 1.99. The van der Waals surface area contributed by atoms with Gasteiger partial charge in [0.1, 0.15) is 6.61 Å². The molecule has 1 heterocycles. The van der Waals surface area contributed by atoms with Crippen molar-refractivity contribution in [1.29, 1.82) is 0 Å². The van der Waals surface area contributed by atoms with Crippen molar-refractivity contribution in [2.75, 3.05) is 13.2 Å². The molecule has 18 heavy (non-hydrogen) atoms. The first-order chi connectivity index (χ1) is 8.65. The van der Waals surface area contributed by atoms with E-state index in [0.29, 0.717) is 11.4 Å². The van der Waals surface area contributed by atoms with Gasteiger partial charge in [0, 0.05) is 11.4 Å². The molecule has 1 amide bonds. The van der Waals surface area contributed by atoms with E-state index < -0.39 is 6.10 Å². The van der Waals surface area contributed by atoms with Crippen molar-refractivity contribution in [1.82, 2.24) is 5.06 Å². The Balaban J connectivity index is 1.72. The van der Waals surface area contributed by atoms with Gasteiger partial charge in [-0.1, -0.05) is 23.7 Å². The van der Waals surface area contributed by atoms with Crippen LogP contribution in [0.2, 0.25) is 5.02 Å². The first-order valence-electron chi connectivity index (χ1n) is 6.01. The predicted octanol–water partition coefficient (Wildman–Crippen LogP) is 1.80. The SMILES string of the molecule is O=C(CCCc1ccc(Cl)cc1)N1CC(O)CO1. The van der Waals surface area contributed by atoms with Gasteiger partial charge in [-0.15, -0.1) is 0 Å². The van der Waals surface area contributed by atoms with E-state index in [4.69, 9.17) is 16.4 Å². The molecule has 1 saturated heterocycles. The van der Waals surface area contributed by atoms with Crippen molar-refractivity contribution in [2.45, 2.75) is 25.4 Å². The van der Waals surface area contributed by atoms with Gasteiger partial charge in [-0.25, -0.2) is 5.06 Å². The van der Waals surface area contributed by atoms with Crippen LogP contribution >= 0.6 is 11.6 Å². The summed E-state index contributed by atoms with van der Waals surface area (Å²) in [7, 11) is 0. The molecule has 1 atom stereocenters. The number of hydroxylamine groups is 2. The van der Waals surface area contributed by atoms with Crippen molar-refractivity contribution < 1.29 is 14.7 Å². The van der Waals surface area contributed by atoms with E-state index in [1.165, 1.54) is 5.06 Å². The Morgan fingerprint density at radius 3 is 2.78 bits per heavy atom. The molecule has 1 N–H and O–H groups in total. The highest BCUT2D eigenvalue weighted by atomic mass is 35.5. The fourth-order valence-electron chi connectivity index (χ4n) is 1.87. The van der Waals surface area contributed by atoms with Crippen LogP contribution in [-0.2, 0) is 16.1 Å². The summed E-state index contributed by atoms with van der Waals surface area (Å²) in [6.07, 6.45) is 1.47. The molecule has 0 aliphatic carbocycles. The van der Waals surface area contributed by atoms with Gasteiger partial charge in [-0.3, -0.25) is 9.63 Å². The highest BCUT2D eigenvalue weighted by molar-refractivity contribution is 6.30. The number of aliphatic hydroxyl groups is 1. The third-order valence-electron chi connectivity index (χ3n) is 2.85. The Bertz CT molecular complexity index is 407. The summed E-state index contributed by atoms with van der Waals surface area (Å²) >= 11 is 5.79. The molecule has 0 bridgehead atoms. The average molecular weight is 270 g/mol. The zero-order valence-electron chi connectivity index (χ0n) is 10.0. The van der Waals surface area contributed by atoms with E-state index in [-0.39, 0.29) is 19.1 Å². The average Bonchev–Trinajstić information content (AvgIpc) is 2.78. The lowest BCUT2D eigenvalue weighted by Gasteiger charge is -2.13. The number of hydrogen-bond acceptors (Lipinski definition) is 3. The fraction of sp³-hybridized carbons (Fsp3) is 0.462. The predicted molar refractivity (Wildman–Crippen MR) is 68.1 cm³/mol. The summed E-state index contributed by atoms with van der Waals surface area (Å²) < 4.78 is 0. The number of aryl methyl sites for hydroxylation is 1. The smallest absolute Gasteiger partial charge is 0.246 e. The Labute approximate surface area is 111 Å². The number of carbonyl (C=O) groups excluding carboxylic acids is 1. The topological polar surface area (TPSA) is 49.8 Å². The van der Waals surface area contributed by atoms with Crippen LogP contribution < -0.4 is 0 Å². The minimum Gasteiger partial charge on any atom is -0.389 e. The zero-order valence-corrected chi connectivity index (χ0v) is 10.8. The summed E-state index contributed by atoms with van der Waals surface area (Å²) in [6.45, 7) is 0.489. The number of hydrogen-bond donors (Lipinski definition) is 1. The van der Waals surface area contributed by atoms with E-state index >= 15 is 0 Å². The second-order valence-electron chi connectivity index (χ2n) is 4.38. The van der Waals surface area contributed by atoms with Crippen molar-refractivity contribution in [3.05, 3.63) is 34.9 Å². The maximum absolute atomic E-state index is 11.7. The van der Waals surface area contributed by atoms with Crippen LogP contribution in [0.1, 0.15) is 18.4 Å². The molecule has 1 unspecified atom stereocenters. The lowest BCUT2D eigenvalue weighted by Crippen LogP contribution is -2.28. The number of nitrogens with zero attached hydrogens (tertiary/aromatic N) is 1. The maximum atomic E-state index is 11.7. The first kappa shape index (κ1) is 13.3. The number of β-amino-alcohol motifs (C(OH)–C–C–N with tert-alkyl or cyclic N) is 1. The molecule has 1 fully saturated rings. The normalized spacial score (nSPS) is 19.2. The van der Waals surface area contributed by atoms with Gasteiger partial charge in [0.25, 0.3) is 0 Å². The van der Waals surface area contributed by atoms with Crippen LogP contribution in [0.15, 0.2) is 24.3 Å². The molecule has 0 saturated carbocycles. The van der Waals surface area contributed by atoms with Gasteiger partial charge in [0.05, 0.1) is 12.6 Å². The molecule has 1 aromatic carbocycles. The highest BCUT2D eigenvalue weighted by Gasteiger charge is 2.25. The number of rotatable bonds is 4. The van der Waals surface area contributed by atoms with Crippen molar-refractivity contribution in [3.8, 4) is 0 Å². The molecule has 98 valence electrons. The second-order valence-corrected chi connectivity index (χ2v) is 4.82. The molecule has 0 aromatic heterocycles. The van der Waals surface area contributed by atoms with E-state index in [0.717, 1.165) is 18.4 Å². The molecule has 2 rings (SSSR count). The molecule has 5 heteroatoms. The van der Waals surface area contributed by atoms with Gasteiger partial charge in [-0.2, -0.15) is 0 Å². The number of aliphatic hydroxyl groups excluding tert-OH is 1. The lowest BCUT2D eigenvalue weighted by atomic mass is 10.1. The first-order valence-corrected chi connectivity index (χ1v) is 6.39. The largest absolute Gasteiger partial charge is 0.389 e. The van der Waals surface area contributed by atoms with Gasteiger partial charge in [0.2, 0.25) is 5.91 Å². The maximum Gasteiger partial charge on any atom is 0.246 e. The third kappa shape index (κ3) is 3.70. The van der Waals surface area contributed by atoms with Gasteiger partial charge < -0.3 is 5.11 Å². The van der Waals surface area contributed by atoms with E-state index in [1.54, 1.807) is 0 Å². The van der Waals surface area contributed by atoms with Gasteiger partial charge in [-0.05, 0) is 30.5 Å². The summed E-state index contributed by atoms with van der Waals surface area (Å²) in [4.78, 5) is 16.8. The summed E-state index contributed by atoms with van der Waals surface area (Å²) in [5, 5.41) is 11.2. The van der Waals surface area contributed by atoms with Crippen LogP contribution in [-0.4, -0.2) is 35.3 Å². The molecule has 4 nitrogen and oxygen atoms in total. The third-order valence-corrected chi connectivity index (χ3v) is 3.10. The minimum absolute atomic E-state index is 0.0690. The molecule has 1 aliphatic rings. The van der Waals surface area contributed by atoms with Gasteiger partial charge in [0.15, 0.2) is 0 Å². The van der Waals surface area contributed by atoms with E-state index in [1.807, 2.05) is 24.3 Å². The molecular formula is C13H16ClNO3. The van der Waals surface area contributed by atoms with E-state index in [9.17, 15) is 9.90 Å². The molecule has 0 spiro atoms. The summed E-state index contributed by atoms with van der Waals surface area (Å²) in [6, 6.07) is 7.61. The van der Waals surface area contributed by atoms with Crippen LogP contribution in [0.3, 0.4) is 0 Å². The Morgan fingerprint density at radius 2 is 2.17 bits per heavy atom. The Morgan fingerprint density at radius 1 is 1.44 bits per heavy atom. The van der Waals surface area contributed by atoms with Crippen molar-refractivity contribution in [2.24, 2.45) is 0 Å². The summed E-state index contributed by atoms with van der Waals surface area (Å²) in [5.74, 6) is -0.0690. The quantitative estimate of drug-likeness (QED) is 0.907.